The van der Waals surface area contributed by atoms with Gasteiger partial charge in [0.2, 0.25) is 0 Å². The third kappa shape index (κ3) is 10.9. The van der Waals surface area contributed by atoms with E-state index in [0.717, 1.165) is 18.7 Å². The summed E-state index contributed by atoms with van der Waals surface area (Å²) in [5.41, 5.74) is 0. The molecule has 142 valence electrons. The van der Waals surface area contributed by atoms with Gasteiger partial charge in [0.15, 0.2) is 5.84 Å². The van der Waals surface area contributed by atoms with Crippen molar-refractivity contribution in [3.63, 3.8) is 0 Å². The molecule has 0 aliphatic carbocycles. The van der Waals surface area contributed by atoms with E-state index in [2.05, 4.69) is 11.9 Å². The number of aliphatic hydroxyl groups is 1. The van der Waals surface area contributed by atoms with Crippen molar-refractivity contribution in [3.8, 4) is 0 Å². The molecular formula is C18H34ClN2NaO3. The number of hydrogen-bond donors (Lipinski definition) is 1. The Morgan fingerprint density at radius 2 is 1.68 bits per heavy atom. The number of carbonyl (C=O) groups is 1. The number of unbranched alkanes of at least 4 members (excludes halogenated alkanes) is 8. The Hall–Kier alpha value is 0.350. The number of aliphatic imine (C=N–C) groups is 1. The number of quaternary nitrogens is 1. The number of halogens is 1. The van der Waals surface area contributed by atoms with E-state index in [1.165, 1.54) is 51.4 Å². The Bertz CT molecular complexity index is 383. The quantitative estimate of drug-likeness (QED) is 0.188. The molecule has 0 fully saturated rings. The number of rotatable bonds is 14. The van der Waals surface area contributed by atoms with E-state index in [1.807, 2.05) is 0 Å². The van der Waals surface area contributed by atoms with E-state index in [0.29, 0.717) is 24.1 Å². The second kappa shape index (κ2) is 16.5. The summed E-state index contributed by atoms with van der Waals surface area (Å²) in [5.74, 6) is -0.105. The first-order valence-electron chi connectivity index (χ1n) is 9.35. The minimum Gasteiger partial charge on any atom is -1.00 e. The molecule has 0 amide bonds. The van der Waals surface area contributed by atoms with Crippen LogP contribution in [-0.4, -0.2) is 54.2 Å². The third-order valence-corrected chi connectivity index (χ3v) is 4.83. The molecular weight excluding hydrogens is 351 g/mol. The molecule has 1 aliphatic heterocycles. The van der Waals surface area contributed by atoms with Crippen LogP contribution in [0.25, 0.3) is 0 Å². The predicted molar refractivity (Wildman–Crippen MR) is 91.1 cm³/mol. The minimum atomic E-state index is -1.06. The maximum absolute atomic E-state index is 11.0. The molecule has 5 nitrogen and oxygen atoms in total. The topological polar surface area (TPSA) is 72.7 Å². The summed E-state index contributed by atoms with van der Waals surface area (Å²) in [6.45, 7) is 3.95. The van der Waals surface area contributed by atoms with Crippen molar-refractivity contribution >= 4 is 11.8 Å². The number of aliphatic carboxylic acids is 1. The molecule has 0 aromatic carbocycles. The Labute approximate surface area is 181 Å². The maximum Gasteiger partial charge on any atom is 1.00 e. The van der Waals surface area contributed by atoms with Gasteiger partial charge in [0.25, 0.3) is 0 Å². The summed E-state index contributed by atoms with van der Waals surface area (Å²) in [6.07, 6.45) is 12.3. The monoisotopic (exact) mass is 384 g/mol. The van der Waals surface area contributed by atoms with Crippen molar-refractivity contribution in [2.45, 2.75) is 71.1 Å². The van der Waals surface area contributed by atoms with E-state index in [4.69, 9.17) is 0 Å². The molecule has 1 rings (SSSR count). The summed E-state index contributed by atoms with van der Waals surface area (Å²) in [5, 5.41) is 20.3. The molecule has 7 heteroatoms. The number of carboxylic acid groups (broad SMARTS) is 1. The molecule has 0 aromatic heterocycles. The molecule has 1 unspecified atom stereocenters. The Morgan fingerprint density at radius 3 is 2.20 bits per heavy atom. The van der Waals surface area contributed by atoms with Gasteiger partial charge in [-0.25, -0.2) is 4.99 Å². The zero-order valence-corrected chi connectivity index (χ0v) is 18.9. The number of hydrogen-bond acceptors (Lipinski definition) is 4. The fourth-order valence-corrected chi connectivity index (χ4v) is 3.49. The third-order valence-electron chi connectivity index (χ3n) is 4.83. The van der Waals surface area contributed by atoms with Crippen LogP contribution in [0.1, 0.15) is 71.1 Å². The molecule has 25 heavy (non-hydrogen) atoms. The van der Waals surface area contributed by atoms with Crippen LogP contribution in [0.4, 0.5) is 0 Å². The summed E-state index contributed by atoms with van der Waals surface area (Å²) in [7, 11) is 0. The Kier molecular flexibility index (Phi) is 18.2. The van der Waals surface area contributed by atoms with E-state index >= 15 is 0 Å². The molecule has 0 bridgehead atoms. The van der Waals surface area contributed by atoms with Gasteiger partial charge in [0.1, 0.15) is 19.6 Å². The van der Waals surface area contributed by atoms with Crippen LogP contribution >= 0.6 is 0 Å². The van der Waals surface area contributed by atoms with Crippen molar-refractivity contribution in [2.75, 3.05) is 32.8 Å². The smallest absolute Gasteiger partial charge is 1.00 e. The number of carboxylic acids is 1. The van der Waals surface area contributed by atoms with Gasteiger partial charge in [-0.1, -0.05) is 58.3 Å². The molecule has 1 aliphatic rings. The van der Waals surface area contributed by atoms with Crippen LogP contribution in [0.5, 0.6) is 0 Å². The van der Waals surface area contributed by atoms with Gasteiger partial charge >= 0.3 is 29.6 Å². The molecule has 1 N–H and O–H groups in total. The van der Waals surface area contributed by atoms with Gasteiger partial charge in [0.05, 0.1) is 19.1 Å². The Balaban J connectivity index is 0. The van der Waals surface area contributed by atoms with Gasteiger partial charge in [-0.15, -0.1) is 0 Å². The van der Waals surface area contributed by atoms with Crippen LogP contribution in [0, 0.1) is 0 Å². The van der Waals surface area contributed by atoms with E-state index < -0.39 is 5.97 Å². The van der Waals surface area contributed by atoms with E-state index in [-0.39, 0.29) is 55.1 Å². The van der Waals surface area contributed by atoms with Crippen molar-refractivity contribution in [2.24, 2.45) is 4.99 Å². The normalized spacial score (nSPS) is 19.0. The number of aliphatic hydroxyl groups excluding tert-OH is 1. The average Bonchev–Trinajstić information content (AvgIpc) is 2.87. The minimum absolute atomic E-state index is 0. The summed E-state index contributed by atoms with van der Waals surface area (Å²) in [6, 6.07) is 0. The first-order chi connectivity index (χ1) is 11.1. The second-order valence-corrected chi connectivity index (χ2v) is 6.72. The van der Waals surface area contributed by atoms with E-state index in [9.17, 15) is 15.0 Å². The summed E-state index contributed by atoms with van der Waals surface area (Å²) < 4.78 is 0.301. The maximum atomic E-state index is 11.0. The largest absolute Gasteiger partial charge is 1.00 e. The van der Waals surface area contributed by atoms with Crippen LogP contribution in [0.3, 0.4) is 0 Å². The van der Waals surface area contributed by atoms with Crippen LogP contribution in [0.2, 0.25) is 0 Å². The van der Waals surface area contributed by atoms with Gasteiger partial charge in [-0.05, 0) is 6.42 Å². The first-order valence-corrected chi connectivity index (χ1v) is 9.35. The number of carbonyl (C=O) groups excluding carboxylic acids is 1. The number of amidine groups is 1. The van der Waals surface area contributed by atoms with Crippen LogP contribution in [0.15, 0.2) is 4.99 Å². The van der Waals surface area contributed by atoms with Crippen molar-refractivity contribution in [1.82, 2.24) is 0 Å². The Morgan fingerprint density at radius 1 is 1.12 bits per heavy atom. The fourth-order valence-electron chi connectivity index (χ4n) is 3.49. The van der Waals surface area contributed by atoms with Gasteiger partial charge in [-0.2, -0.15) is 0 Å². The summed E-state index contributed by atoms with van der Waals surface area (Å²) in [4.78, 5) is 15.6. The molecule has 1 heterocycles. The first kappa shape index (κ1) is 27.6. The fraction of sp³-hybridized carbons (Fsp3) is 0.889. The molecule has 0 radical (unpaired) electrons. The zero-order valence-electron chi connectivity index (χ0n) is 16.1. The average molecular weight is 385 g/mol. The van der Waals surface area contributed by atoms with Gasteiger partial charge in [0, 0.05) is 6.42 Å². The molecule has 0 spiro atoms. The van der Waals surface area contributed by atoms with Gasteiger partial charge in [-0.3, -0.25) is 4.48 Å². The van der Waals surface area contributed by atoms with Crippen molar-refractivity contribution in [1.29, 1.82) is 0 Å². The number of nitrogens with zero attached hydrogens (tertiary/aromatic N) is 2. The second-order valence-electron chi connectivity index (χ2n) is 6.72. The molecule has 0 aromatic rings. The van der Waals surface area contributed by atoms with Crippen LogP contribution < -0.4 is 47.1 Å². The molecule has 1 atom stereocenters. The van der Waals surface area contributed by atoms with Crippen molar-refractivity contribution in [3.05, 3.63) is 0 Å². The zero-order chi connectivity index (χ0) is 17.0. The SMILES string of the molecule is CCCCCCCCCCCC1=NCC[N+]1(CCO)CC(=O)[O-].[Cl-].[Na+]. The van der Waals surface area contributed by atoms with E-state index in [1.54, 1.807) is 0 Å². The standard InChI is InChI=1S/C18H34N2O3.ClH.Na/c1-2-3-4-5-6-7-8-9-10-11-17-19-12-13-20(17,14-15-21)16-18(22)23;;/h21H,2-16H2,1H3;1H;/q;;+1/p-1. The van der Waals surface area contributed by atoms with Gasteiger partial charge < -0.3 is 27.4 Å². The van der Waals surface area contributed by atoms with Crippen molar-refractivity contribution < 1.29 is 61.5 Å². The molecule has 0 saturated carbocycles. The van der Waals surface area contributed by atoms with Crippen LogP contribution in [-0.2, 0) is 4.79 Å². The molecule has 0 saturated heterocycles. The summed E-state index contributed by atoms with van der Waals surface area (Å²) >= 11 is 0. The predicted octanol–water partition coefficient (Wildman–Crippen LogP) is -4.11.